The molecule has 138 valence electrons. The molecule has 1 aromatic heterocycles. The van der Waals surface area contributed by atoms with Crippen molar-refractivity contribution < 1.29 is 14.3 Å². The van der Waals surface area contributed by atoms with Gasteiger partial charge in [0.15, 0.2) is 5.78 Å². The summed E-state index contributed by atoms with van der Waals surface area (Å²) in [6.45, 7) is 4.36. The van der Waals surface area contributed by atoms with E-state index in [-0.39, 0.29) is 17.7 Å². The van der Waals surface area contributed by atoms with E-state index in [1.165, 1.54) is 13.2 Å². The Morgan fingerprint density at radius 2 is 2.04 bits per heavy atom. The van der Waals surface area contributed by atoms with Gasteiger partial charge in [-0.25, -0.2) is 4.79 Å². The fraction of sp³-hybridized carbons (Fsp3) is 0.273. The van der Waals surface area contributed by atoms with Gasteiger partial charge in [-0.15, -0.1) is 0 Å². The maximum absolute atomic E-state index is 13.2. The zero-order chi connectivity index (χ0) is 19.3. The third-order valence-corrected chi connectivity index (χ3v) is 5.65. The van der Waals surface area contributed by atoms with E-state index in [0.29, 0.717) is 6.42 Å². The van der Waals surface area contributed by atoms with Crippen molar-refractivity contribution in [3.8, 4) is 0 Å². The molecule has 1 aliphatic heterocycles. The number of allylic oxidation sites excluding steroid dienone is 2. The Balaban J connectivity index is 1.90. The molecule has 2 heterocycles. The van der Waals surface area contributed by atoms with Crippen molar-refractivity contribution in [3.63, 3.8) is 0 Å². The van der Waals surface area contributed by atoms with E-state index in [4.69, 9.17) is 0 Å². The molecule has 1 aliphatic carbocycles. The van der Waals surface area contributed by atoms with Gasteiger partial charge >= 0.3 is 5.97 Å². The third kappa shape index (κ3) is 2.53. The van der Waals surface area contributed by atoms with E-state index in [2.05, 4.69) is 22.3 Å². The molecule has 2 bridgehead atoms. The van der Waals surface area contributed by atoms with Crippen molar-refractivity contribution in [1.29, 1.82) is 0 Å². The van der Waals surface area contributed by atoms with Crippen LogP contribution >= 0.6 is 0 Å². The Bertz CT molecular complexity index is 1040. The van der Waals surface area contributed by atoms with Gasteiger partial charge in [-0.1, -0.05) is 24.8 Å². The number of methoxy groups -OCH3 is 1. The number of benzene rings is 1. The van der Waals surface area contributed by atoms with Crippen molar-refractivity contribution in [2.24, 2.45) is 13.0 Å². The van der Waals surface area contributed by atoms with Gasteiger partial charge < -0.3 is 14.2 Å². The molecular weight excluding hydrogens is 340 g/mol. The summed E-state index contributed by atoms with van der Waals surface area (Å²) in [7, 11) is 5.28. The molecule has 0 amide bonds. The van der Waals surface area contributed by atoms with E-state index in [1.54, 1.807) is 6.08 Å². The van der Waals surface area contributed by atoms with Crippen LogP contribution in [0.5, 0.6) is 0 Å². The lowest BCUT2D eigenvalue weighted by molar-refractivity contribution is -0.134. The van der Waals surface area contributed by atoms with E-state index >= 15 is 0 Å². The number of fused-ring (bicyclic) bond motifs is 6. The van der Waals surface area contributed by atoms with E-state index in [1.807, 2.05) is 43.1 Å². The first-order valence-corrected chi connectivity index (χ1v) is 8.93. The second kappa shape index (κ2) is 6.27. The van der Waals surface area contributed by atoms with Gasteiger partial charge in [0.25, 0.3) is 0 Å². The summed E-state index contributed by atoms with van der Waals surface area (Å²) >= 11 is 0. The van der Waals surface area contributed by atoms with Crippen molar-refractivity contribution in [2.75, 3.05) is 14.2 Å². The number of likely N-dealkylation sites (N-methyl/N-ethyl adjacent to an activating group) is 1. The van der Waals surface area contributed by atoms with Crippen molar-refractivity contribution in [2.45, 2.75) is 12.5 Å². The monoisotopic (exact) mass is 362 g/mol. The average Bonchev–Trinajstić information content (AvgIpc) is 2.90. The number of rotatable bonds is 2. The molecule has 0 saturated heterocycles. The minimum Gasteiger partial charge on any atom is -0.466 e. The van der Waals surface area contributed by atoms with Gasteiger partial charge in [0.2, 0.25) is 0 Å². The highest BCUT2D eigenvalue weighted by Crippen LogP contribution is 2.48. The van der Waals surface area contributed by atoms with Crippen LogP contribution in [0.4, 0.5) is 0 Å². The summed E-state index contributed by atoms with van der Waals surface area (Å²) in [5.41, 5.74) is 4.71. The first-order chi connectivity index (χ1) is 12.9. The molecule has 27 heavy (non-hydrogen) atoms. The van der Waals surface area contributed by atoms with Gasteiger partial charge in [-0.05, 0) is 23.3 Å². The highest BCUT2D eigenvalue weighted by Gasteiger charge is 2.40. The standard InChI is InChI=1S/C22H22N2O3/c1-13-16-11-18(25)22-20(15-7-5-6-8-17(15)24(22)3)21(13)23(2)12-14(16)9-10-19(26)27-4/h5-10,12,16,21H,1,11H2,2-4H3/b10-9+/t16-,21-/m1/s1. The third-order valence-electron chi connectivity index (χ3n) is 5.65. The molecule has 0 N–H and O–H groups in total. The maximum Gasteiger partial charge on any atom is 0.330 e. The van der Waals surface area contributed by atoms with Crippen LogP contribution in [0, 0.1) is 5.92 Å². The van der Waals surface area contributed by atoms with Crippen LogP contribution in [0.15, 0.2) is 60.3 Å². The molecule has 4 rings (SSSR count). The van der Waals surface area contributed by atoms with E-state index in [9.17, 15) is 9.59 Å². The van der Waals surface area contributed by atoms with Crippen LogP contribution in [-0.2, 0) is 16.6 Å². The Kier molecular flexibility index (Phi) is 4.02. The summed E-state index contributed by atoms with van der Waals surface area (Å²) in [6, 6.07) is 8.03. The molecular formula is C22H22N2O3. The number of ketones is 1. The first kappa shape index (κ1) is 17.3. The second-order valence-corrected chi connectivity index (χ2v) is 7.15. The number of hydrogen-bond acceptors (Lipinski definition) is 4. The predicted molar refractivity (Wildman–Crippen MR) is 104 cm³/mol. The summed E-state index contributed by atoms with van der Waals surface area (Å²) < 4.78 is 6.69. The summed E-state index contributed by atoms with van der Waals surface area (Å²) in [6.07, 6.45) is 5.48. The molecule has 0 radical (unpaired) electrons. The molecule has 5 nitrogen and oxygen atoms in total. The number of esters is 1. The molecule has 0 unspecified atom stereocenters. The number of carbonyl (C=O) groups is 2. The summed E-state index contributed by atoms with van der Waals surface area (Å²) in [4.78, 5) is 26.8. The summed E-state index contributed by atoms with van der Waals surface area (Å²) in [5.74, 6) is -0.434. The van der Waals surface area contributed by atoms with Crippen LogP contribution < -0.4 is 0 Å². The number of aryl methyl sites for hydroxylation is 1. The minimum absolute atomic E-state index is 0.0715. The number of aromatic nitrogens is 1. The number of hydrogen-bond donors (Lipinski definition) is 0. The van der Waals surface area contributed by atoms with Gasteiger partial charge in [0.05, 0.1) is 18.8 Å². The van der Waals surface area contributed by atoms with Crippen LogP contribution in [0.25, 0.3) is 10.9 Å². The average molecular weight is 362 g/mol. The molecule has 2 aliphatic rings. The number of Topliss-reactive ketones (excluding diaryl/α,β-unsaturated/α-hetero) is 1. The molecule has 1 aromatic carbocycles. The number of carbonyl (C=O) groups excluding carboxylic acids is 2. The number of ether oxygens (including phenoxy) is 1. The topological polar surface area (TPSA) is 51.5 Å². The lowest BCUT2D eigenvalue weighted by atomic mass is 9.81. The number of nitrogens with zero attached hydrogens (tertiary/aromatic N) is 2. The normalized spacial score (nSPS) is 22.0. The summed E-state index contributed by atoms with van der Waals surface area (Å²) in [5, 5.41) is 1.09. The van der Waals surface area contributed by atoms with Crippen LogP contribution in [-0.4, -0.2) is 35.4 Å². The van der Waals surface area contributed by atoms with Gasteiger partial charge in [0.1, 0.15) is 0 Å². The Morgan fingerprint density at radius 1 is 1.30 bits per heavy atom. The Hall–Kier alpha value is -3.08. The van der Waals surface area contributed by atoms with Crippen molar-refractivity contribution >= 4 is 22.7 Å². The van der Waals surface area contributed by atoms with E-state index in [0.717, 1.165) is 33.3 Å². The molecule has 0 saturated carbocycles. The highest BCUT2D eigenvalue weighted by atomic mass is 16.5. The first-order valence-electron chi connectivity index (χ1n) is 8.93. The molecule has 5 heteroatoms. The molecule has 2 atom stereocenters. The zero-order valence-electron chi connectivity index (χ0n) is 15.7. The van der Waals surface area contributed by atoms with Crippen LogP contribution in [0.2, 0.25) is 0 Å². The predicted octanol–water partition coefficient (Wildman–Crippen LogP) is 3.54. The van der Waals surface area contributed by atoms with Crippen LogP contribution in [0.3, 0.4) is 0 Å². The second-order valence-electron chi connectivity index (χ2n) is 7.15. The molecule has 0 fully saturated rings. The van der Waals surface area contributed by atoms with Crippen molar-refractivity contribution in [3.05, 3.63) is 71.6 Å². The SMILES string of the molecule is C=C1[C@H]2CC(=O)c3c(c4ccccc4n3C)[C@@H]1N(C)C=C2/C=C/C(=O)OC. The largest absolute Gasteiger partial charge is 0.466 e. The van der Waals surface area contributed by atoms with Gasteiger partial charge in [0, 0.05) is 55.2 Å². The van der Waals surface area contributed by atoms with Gasteiger partial charge in [-0.2, -0.15) is 0 Å². The van der Waals surface area contributed by atoms with E-state index < -0.39 is 5.97 Å². The lowest BCUT2D eigenvalue weighted by Gasteiger charge is -2.37. The van der Waals surface area contributed by atoms with Crippen LogP contribution in [0.1, 0.15) is 28.5 Å². The Labute approximate surface area is 158 Å². The minimum atomic E-state index is -0.416. The lowest BCUT2D eigenvalue weighted by Crippen LogP contribution is -2.29. The zero-order valence-corrected chi connectivity index (χ0v) is 15.7. The van der Waals surface area contributed by atoms with Crippen molar-refractivity contribution in [1.82, 2.24) is 9.47 Å². The maximum atomic E-state index is 13.2. The quantitative estimate of drug-likeness (QED) is 0.466. The molecule has 2 aromatic rings. The highest BCUT2D eigenvalue weighted by molar-refractivity contribution is 6.04. The number of para-hydroxylation sites is 1. The smallest absolute Gasteiger partial charge is 0.330 e. The Morgan fingerprint density at radius 3 is 2.78 bits per heavy atom. The van der Waals surface area contributed by atoms with Gasteiger partial charge in [-0.3, -0.25) is 4.79 Å². The fourth-order valence-corrected chi connectivity index (χ4v) is 4.41. The molecule has 0 spiro atoms. The fourth-order valence-electron chi connectivity index (χ4n) is 4.41.